The zero-order valence-corrected chi connectivity index (χ0v) is 7.40. The zero-order valence-electron chi connectivity index (χ0n) is 7.40. The fourth-order valence-electron chi connectivity index (χ4n) is 1.02. The molecule has 0 aliphatic heterocycles. The highest BCUT2D eigenvalue weighted by atomic mass is 19.1. The van der Waals surface area contributed by atoms with Gasteiger partial charge >= 0.3 is 0 Å². The highest BCUT2D eigenvalue weighted by molar-refractivity contribution is 5.95. The van der Waals surface area contributed by atoms with Crippen molar-refractivity contribution in [1.29, 1.82) is 5.41 Å². The van der Waals surface area contributed by atoms with Crippen molar-refractivity contribution in [2.45, 2.75) is 6.92 Å². The first-order valence-electron chi connectivity index (χ1n) is 3.81. The minimum atomic E-state index is -0.890. The van der Waals surface area contributed by atoms with Crippen LogP contribution in [0.15, 0.2) is 12.1 Å². The van der Waals surface area contributed by atoms with Gasteiger partial charge in [0.15, 0.2) is 0 Å². The van der Waals surface area contributed by atoms with Crippen LogP contribution in [0.3, 0.4) is 0 Å². The summed E-state index contributed by atoms with van der Waals surface area (Å²) in [6, 6.07) is 1.62. The van der Waals surface area contributed by atoms with Crippen molar-refractivity contribution in [3.8, 4) is 0 Å². The van der Waals surface area contributed by atoms with E-state index < -0.39 is 17.5 Å². The summed E-state index contributed by atoms with van der Waals surface area (Å²) in [6.07, 6.45) is 0.775. The number of anilines is 1. The number of halogens is 2. The average molecular weight is 198 g/mol. The molecule has 1 rings (SSSR count). The maximum atomic E-state index is 13.1. The summed E-state index contributed by atoms with van der Waals surface area (Å²) >= 11 is 0. The second-order valence-corrected chi connectivity index (χ2v) is 2.68. The third kappa shape index (κ3) is 2.12. The van der Waals surface area contributed by atoms with Gasteiger partial charge in [0, 0.05) is 24.8 Å². The molecule has 3 nitrogen and oxygen atoms in total. The van der Waals surface area contributed by atoms with Crippen LogP contribution in [0.4, 0.5) is 14.5 Å². The van der Waals surface area contributed by atoms with Crippen molar-refractivity contribution in [3.05, 3.63) is 29.3 Å². The second kappa shape index (κ2) is 3.95. The molecule has 0 bridgehead atoms. The molecule has 1 amide bonds. The van der Waals surface area contributed by atoms with Crippen LogP contribution >= 0.6 is 0 Å². The molecule has 0 spiro atoms. The van der Waals surface area contributed by atoms with Gasteiger partial charge in [-0.3, -0.25) is 4.79 Å². The highest BCUT2D eigenvalue weighted by Crippen LogP contribution is 2.19. The third-order valence-corrected chi connectivity index (χ3v) is 1.54. The molecule has 14 heavy (non-hydrogen) atoms. The number of amides is 1. The molecule has 74 valence electrons. The quantitative estimate of drug-likeness (QED) is 0.701. The molecule has 0 unspecified atom stereocenters. The highest BCUT2D eigenvalue weighted by Gasteiger charge is 2.10. The van der Waals surface area contributed by atoms with Gasteiger partial charge in [-0.1, -0.05) is 0 Å². The Morgan fingerprint density at radius 2 is 2.14 bits per heavy atom. The second-order valence-electron chi connectivity index (χ2n) is 2.68. The van der Waals surface area contributed by atoms with Crippen molar-refractivity contribution in [2.24, 2.45) is 0 Å². The van der Waals surface area contributed by atoms with Crippen molar-refractivity contribution >= 4 is 17.8 Å². The number of nitrogens with one attached hydrogen (secondary N) is 2. The molecular formula is C9H8F2N2O. The van der Waals surface area contributed by atoms with Crippen LogP contribution < -0.4 is 5.32 Å². The van der Waals surface area contributed by atoms with E-state index in [0.29, 0.717) is 6.07 Å². The fraction of sp³-hybridized carbons (Fsp3) is 0.111. The van der Waals surface area contributed by atoms with Crippen molar-refractivity contribution in [1.82, 2.24) is 0 Å². The minimum absolute atomic E-state index is 0.00213. The lowest BCUT2D eigenvalue weighted by Gasteiger charge is -2.07. The average Bonchev–Trinajstić information content (AvgIpc) is 2.08. The standard InChI is InChI=1S/C9H8F2N2O/c1-5(14)13-9-6(4-12)2-7(10)3-8(9)11/h2-4,12H,1H3,(H,13,14). The fourth-order valence-corrected chi connectivity index (χ4v) is 1.02. The Kier molecular flexibility index (Phi) is 2.91. The number of hydrogen-bond donors (Lipinski definition) is 2. The van der Waals surface area contributed by atoms with Gasteiger partial charge in [0.1, 0.15) is 11.6 Å². The molecule has 1 aromatic carbocycles. The van der Waals surface area contributed by atoms with Gasteiger partial charge in [-0.25, -0.2) is 8.78 Å². The molecule has 0 saturated heterocycles. The lowest BCUT2D eigenvalue weighted by molar-refractivity contribution is -0.114. The Hall–Kier alpha value is -1.78. The summed E-state index contributed by atoms with van der Waals surface area (Å²) in [5.74, 6) is -2.15. The molecule has 0 saturated carbocycles. The number of hydrogen-bond acceptors (Lipinski definition) is 2. The Labute approximate surface area is 79.3 Å². The Balaban J connectivity index is 3.24. The van der Waals surface area contributed by atoms with Gasteiger partial charge in [-0.15, -0.1) is 0 Å². The summed E-state index contributed by atoms with van der Waals surface area (Å²) in [4.78, 5) is 10.7. The van der Waals surface area contributed by atoms with Crippen LogP contribution in [0.1, 0.15) is 12.5 Å². The number of rotatable bonds is 2. The van der Waals surface area contributed by atoms with Gasteiger partial charge in [0.2, 0.25) is 5.91 Å². The molecule has 0 atom stereocenters. The summed E-state index contributed by atoms with van der Waals surface area (Å²) in [7, 11) is 0. The molecule has 0 radical (unpaired) electrons. The van der Waals surface area contributed by atoms with Crippen LogP contribution in [0.2, 0.25) is 0 Å². The van der Waals surface area contributed by atoms with E-state index in [0.717, 1.165) is 12.3 Å². The lowest BCUT2D eigenvalue weighted by atomic mass is 10.1. The van der Waals surface area contributed by atoms with E-state index >= 15 is 0 Å². The monoisotopic (exact) mass is 198 g/mol. The van der Waals surface area contributed by atoms with Gasteiger partial charge < -0.3 is 10.7 Å². The summed E-state index contributed by atoms with van der Waals surface area (Å²) in [6.45, 7) is 1.20. The SMILES string of the molecule is CC(=O)Nc1c(F)cc(F)cc1C=N. The summed E-state index contributed by atoms with van der Waals surface area (Å²) in [5.41, 5.74) is -0.174. The maximum absolute atomic E-state index is 13.1. The maximum Gasteiger partial charge on any atom is 0.221 e. The molecule has 0 fully saturated rings. The Bertz CT molecular complexity index is 391. The first-order chi connectivity index (χ1) is 6.54. The molecule has 0 aliphatic rings. The number of carbonyl (C=O) groups is 1. The van der Waals surface area contributed by atoms with E-state index in [4.69, 9.17) is 5.41 Å². The number of carbonyl (C=O) groups excluding carboxylic acids is 1. The largest absolute Gasteiger partial charge is 0.323 e. The summed E-state index contributed by atoms with van der Waals surface area (Å²) in [5, 5.41) is 9.10. The van der Waals surface area contributed by atoms with Crippen LogP contribution in [-0.4, -0.2) is 12.1 Å². The molecule has 5 heteroatoms. The molecule has 0 aromatic heterocycles. The Morgan fingerprint density at radius 3 is 2.64 bits per heavy atom. The molecule has 0 aliphatic carbocycles. The Morgan fingerprint density at radius 1 is 1.50 bits per heavy atom. The van der Waals surface area contributed by atoms with E-state index in [9.17, 15) is 13.6 Å². The lowest BCUT2D eigenvalue weighted by Crippen LogP contribution is -2.10. The normalized spacial score (nSPS) is 9.64. The van der Waals surface area contributed by atoms with Gasteiger partial charge in [-0.05, 0) is 6.07 Å². The van der Waals surface area contributed by atoms with E-state index in [1.807, 2.05) is 0 Å². The molecular weight excluding hydrogens is 190 g/mol. The van der Waals surface area contributed by atoms with Gasteiger partial charge in [0.25, 0.3) is 0 Å². The van der Waals surface area contributed by atoms with Crippen molar-refractivity contribution in [3.63, 3.8) is 0 Å². The van der Waals surface area contributed by atoms with Gasteiger partial charge in [-0.2, -0.15) is 0 Å². The van der Waals surface area contributed by atoms with Crippen LogP contribution in [0.5, 0.6) is 0 Å². The minimum Gasteiger partial charge on any atom is -0.323 e. The van der Waals surface area contributed by atoms with Crippen molar-refractivity contribution in [2.75, 3.05) is 5.32 Å². The van der Waals surface area contributed by atoms with Crippen LogP contribution in [0, 0.1) is 17.0 Å². The van der Waals surface area contributed by atoms with E-state index in [2.05, 4.69) is 5.32 Å². The topological polar surface area (TPSA) is 53.0 Å². The van der Waals surface area contributed by atoms with E-state index in [-0.39, 0.29) is 11.3 Å². The summed E-state index contributed by atoms with van der Waals surface area (Å²) < 4.78 is 25.8. The predicted octanol–water partition coefficient (Wildman–Crippen LogP) is 1.92. The smallest absolute Gasteiger partial charge is 0.221 e. The molecule has 1 aromatic rings. The molecule has 2 N–H and O–H groups in total. The number of benzene rings is 1. The van der Waals surface area contributed by atoms with Crippen LogP contribution in [-0.2, 0) is 4.79 Å². The molecule has 0 heterocycles. The van der Waals surface area contributed by atoms with Crippen LogP contribution in [0.25, 0.3) is 0 Å². The van der Waals surface area contributed by atoms with Crippen molar-refractivity contribution < 1.29 is 13.6 Å². The first-order valence-corrected chi connectivity index (χ1v) is 3.81. The zero-order chi connectivity index (χ0) is 10.7. The van der Waals surface area contributed by atoms with E-state index in [1.54, 1.807) is 0 Å². The predicted molar refractivity (Wildman–Crippen MR) is 48.5 cm³/mol. The van der Waals surface area contributed by atoms with Gasteiger partial charge in [0.05, 0.1) is 5.69 Å². The first kappa shape index (κ1) is 10.3. The van der Waals surface area contributed by atoms with E-state index in [1.165, 1.54) is 6.92 Å². The third-order valence-electron chi connectivity index (χ3n) is 1.54.